The zero-order chi connectivity index (χ0) is 13.7. The van der Waals surface area contributed by atoms with E-state index in [2.05, 4.69) is 5.32 Å². The second-order valence-electron chi connectivity index (χ2n) is 3.69. The van der Waals surface area contributed by atoms with E-state index >= 15 is 0 Å². The molecule has 0 bridgehead atoms. The van der Waals surface area contributed by atoms with Crippen molar-refractivity contribution < 1.29 is 19.0 Å². The van der Waals surface area contributed by atoms with E-state index in [0.29, 0.717) is 17.2 Å². The summed E-state index contributed by atoms with van der Waals surface area (Å²) in [4.78, 5) is 10.8. The maximum Gasteiger partial charge on any atom is 0.225 e. The van der Waals surface area contributed by atoms with Crippen molar-refractivity contribution >= 4 is 5.91 Å². The maximum atomic E-state index is 10.8. The van der Waals surface area contributed by atoms with E-state index in [1.807, 2.05) is 6.92 Å². The molecule has 0 aromatic heterocycles. The van der Waals surface area contributed by atoms with Crippen molar-refractivity contribution in [2.45, 2.75) is 13.0 Å². The summed E-state index contributed by atoms with van der Waals surface area (Å²) in [5, 5.41) is 2.59. The Labute approximate surface area is 107 Å². The van der Waals surface area contributed by atoms with Gasteiger partial charge in [-0.3, -0.25) is 4.79 Å². The Balaban J connectivity index is 3.18. The van der Waals surface area contributed by atoms with Crippen molar-refractivity contribution in [3.63, 3.8) is 0 Å². The summed E-state index contributed by atoms with van der Waals surface area (Å²) in [6.45, 7) is 6.90. The zero-order valence-electron chi connectivity index (χ0n) is 10.9. The van der Waals surface area contributed by atoms with Crippen molar-refractivity contribution in [2.75, 3.05) is 21.3 Å². The smallest absolute Gasteiger partial charge is 0.225 e. The first-order chi connectivity index (χ1) is 8.53. The highest BCUT2D eigenvalue weighted by Gasteiger charge is 2.16. The third kappa shape index (κ3) is 3.06. The average Bonchev–Trinajstić information content (AvgIpc) is 2.35. The second kappa shape index (κ2) is 6.14. The molecule has 18 heavy (non-hydrogen) atoms. The fourth-order valence-electron chi connectivity index (χ4n) is 1.65. The number of carbonyl (C=O) groups excluding carboxylic acids is 1. The van der Waals surface area contributed by atoms with Crippen LogP contribution in [-0.2, 0) is 4.79 Å². The summed E-state index contributed by atoms with van der Waals surface area (Å²) in [6.07, 6.45) is 0. The lowest BCUT2D eigenvalue weighted by Gasteiger charge is -2.18. The second-order valence-corrected chi connectivity index (χ2v) is 3.69. The van der Waals surface area contributed by atoms with Gasteiger partial charge in [-0.05, 0) is 24.6 Å². The Kier molecular flexibility index (Phi) is 4.83. The topological polar surface area (TPSA) is 56.8 Å². The number of nitrogens with one attached hydrogen (secondary N) is 1. The summed E-state index contributed by atoms with van der Waals surface area (Å²) in [6, 6.07) is 3.28. The molecule has 0 saturated heterocycles. The fraction of sp³-hybridized carbons (Fsp3) is 0.385. The van der Waals surface area contributed by atoms with Crippen LogP contribution in [0.4, 0.5) is 0 Å². The molecule has 5 heteroatoms. The number of carbonyl (C=O) groups is 1. The number of rotatable bonds is 5. The van der Waals surface area contributed by atoms with Crippen LogP contribution in [0.5, 0.6) is 17.2 Å². The molecule has 1 N–H and O–H groups in total. The van der Waals surface area contributed by atoms with Crippen molar-refractivity contribution in [1.29, 1.82) is 0 Å². The van der Waals surface area contributed by atoms with Gasteiger partial charge in [0.25, 0.3) is 0 Å². The molecule has 0 aliphatic heterocycles. The average molecular weight is 251 g/mol. The molecule has 2 radical (unpaired) electrons. The van der Waals surface area contributed by atoms with Gasteiger partial charge in [-0.25, -0.2) is 0 Å². The minimum absolute atomic E-state index is 0.254. The standard InChI is InChI=1S/C13H17NO4/c1-8(14-9(2)15)10-6-11(16-3)13(18-5)12(7-10)17-4/h2,6-8H,1,3-5H3,(H,14,15). The van der Waals surface area contributed by atoms with Crippen molar-refractivity contribution in [1.82, 2.24) is 5.32 Å². The Hall–Kier alpha value is -1.91. The molecule has 1 unspecified atom stereocenters. The predicted octanol–water partition coefficient (Wildman–Crippen LogP) is 1.60. The minimum atomic E-state index is -0.587. The van der Waals surface area contributed by atoms with Crippen LogP contribution in [0, 0.1) is 6.92 Å². The van der Waals surface area contributed by atoms with Gasteiger partial charge in [0.15, 0.2) is 11.5 Å². The summed E-state index contributed by atoms with van der Waals surface area (Å²) >= 11 is 0. The predicted molar refractivity (Wildman–Crippen MR) is 67.0 cm³/mol. The molecule has 1 aromatic rings. The number of methoxy groups -OCH3 is 3. The van der Waals surface area contributed by atoms with Crippen molar-refractivity contribution in [3.05, 3.63) is 24.6 Å². The largest absolute Gasteiger partial charge is 0.493 e. The number of ether oxygens (including phenoxy) is 3. The van der Waals surface area contributed by atoms with Crippen molar-refractivity contribution in [3.8, 4) is 17.2 Å². The first-order valence-electron chi connectivity index (χ1n) is 5.39. The van der Waals surface area contributed by atoms with Crippen LogP contribution in [-0.4, -0.2) is 27.2 Å². The third-order valence-electron chi connectivity index (χ3n) is 2.55. The molecule has 0 spiro atoms. The number of amides is 1. The van der Waals surface area contributed by atoms with Gasteiger partial charge in [0.05, 0.1) is 34.3 Å². The van der Waals surface area contributed by atoms with E-state index in [-0.39, 0.29) is 6.04 Å². The fourth-order valence-corrected chi connectivity index (χ4v) is 1.65. The van der Waals surface area contributed by atoms with Gasteiger partial charge in [-0.1, -0.05) is 0 Å². The highest BCUT2D eigenvalue weighted by Crippen LogP contribution is 2.39. The molecule has 1 aromatic carbocycles. The quantitative estimate of drug-likeness (QED) is 0.863. The molecule has 0 aliphatic carbocycles. The van der Waals surface area contributed by atoms with Gasteiger partial charge >= 0.3 is 0 Å². The summed E-state index contributed by atoms with van der Waals surface area (Å²) in [7, 11) is 4.60. The SMILES string of the molecule is [CH]C(=O)NC(C)c1cc(OC)c(OC)c(OC)c1. The Morgan fingerprint density at radius 3 is 2.00 bits per heavy atom. The molecule has 98 valence electrons. The minimum Gasteiger partial charge on any atom is -0.493 e. The molecule has 1 amide bonds. The molecule has 1 rings (SSSR count). The van der Waals surface area contributed by atoms with Crippen LogP contribution in [0.2, 0.25) is 0 Å². The van der Waals surface area contributed by atoms with Gasteiger partial charge in [0.2, 0.25) is 11.7 Å². The van der Waals surface area contributed by atoms with Gasteiger partial charge in [0, 0.05) is 0 Å². The van der Waals surface area contributed by atoms with Crippen LogP contribution >= 0.6 is 0 Å². The lowest BCUT2D eigenvalue weighted by molar-refractivity contribution is -0.117. The van der Waals surface area contributed by atoms with Gasteiger partial charge < -0.3 is 19.5 Å². The zero-order valence-corrected chi connectivity index (χ0v) is 10.9. The first-order valence-corrected chi connectivity index (χ1v) is 5.39. The Morgan fingerprint density at radius 2 is 1.67 bits per heavy atom. The summed E-state index contributed by atoms with van der Waals surface area (Å²) in [5.41, 5.74) is 0.809. The van der Waals surface area contributed by atoms with Gasteiger partial charge in [-0.2, -0.15) is 0 Å². The highest BCUT2D eigenvalue weighted by atomic mass is 16.5. The van der Waals surface area contributed by atoms with E-state index in [4.69, 9.17) is 21.1 Å². The van der Waals surface area contributed by atoms with E-state index in [9.17, 15) is 4.79 Å². The monoisotopic (exact) mass is 251 g/mol. The highest BCUT2D eigenvalue weighted by molar-refractivity contribution is 5.80. The van der Waals surface area contributed by atoms with E-state index in [1.54, 1.807) is 12.1 Å². The normalized spacial score (nSPS) is 11.6. The molecule has 1 atom stereocenters. The molecular weight excluding hydrogens is 234 g/mol. The number of benzene rings is 1. The lowest BCUT2D eigenvalue weighted by atomic mass is 10.1. The van der Waals surface area contributed by atoms with E-state index in [0.717, 1.165) is 5.56 Å². The molecule has 0 fully saturated rings. The first kappa shape index (κ1) is 14.2. The Bertz CT molecular complexity index is 406. The Morgan fingerprint density at radius 1 is 1.17 bits per heavy atom. The summed E-state index contributed by atoms with van der Waals surface area (Å²) < 4.78 is 15.7. The van der Waals surface area contributed by atoms with E-state index in [1.165, 1.54) is 21.3 Å². The molecule has 0 heterocycles. The number of hydrogen-bond donors (Lipinski definition) is 1. The summed E-state index contributed by atoms with van der Waals surface area (Å²) in [5.74, 6) is 0.987. The third-order valence-corrected chi connectivity index (χ3v) is 2.55. The molecule has 0 saturated carbocycles. The van der Waals surface area contributed by atoms with Crippen LogP contribution in [0.1, 0.15) is 18.5 Å². The van der Waals surface area contributed by atoms with Crippen LogP contribution in [0.25, 0.3) is 0 Å². The van der Waals surface area contributed by atoms with Crippen LogP contribution in [0.3, 0.4) is 0 Å². The van der Waals surface area contributed by atoms with Gasteiger partial charge in [0.1, 0.15) is 0 Å². The molecule has 0 aliphatic rings. The maximum absolute atomic E-state index is 10.8. The van der Waals surface area contributed by atoms with Gasteiger partial charge in [-0.15, -0.1) is 0 Å². The number of hydrogen-bond acceptors (Lipinski definition) is 4. The van der Waals surface area contributed by atoms with E-state index < -0.39 is 5.91 Å². The molecular formula is C13H17NO4. The van der Waals surface area contributed by atoms with Crippen LogP contribution < -0.4 is 19.5 Å². The van der Waals surface area contributed by atoms with Crippen LogP contribution in [0.15, 0.2) is 12.1 Å². The van der Waals surface area contributed by atoms with Crippen molar-refractivity contribution in [2.24, 2.45) is 0 Å². The lowest BCUT2D eigenvalue weighted by Crippen LogP contribution is -2.23. The molecule has 5 nitrogen and oxygen atoms in total.